The molecule has 1 heterocycles. The number of rotatable bonds is 1. The molecule has 7 unspecified atom stereocenters. The van der Waals surface area contributed by atoms with E-state index in [0.29, 0.717) is 23.2 Å². The monoisotopic (exact) mass is 390 g/mol. The lowest BCUT2D eigenvalue weighted by atomic mass is 9.41. The fourth-order valence-electron chi connectivity index (χ4n) is 9.21. The molecule has 5 rings (SSSR count). The highest BCUT2D eigenvalue weighted by Gasteiger charge is 2.70. The Balaban J connectivity index is 1.49. The van der Waals surface area contributed by atoms with Crippen LogP contribution in [0.3, 0.4) is 0 Å². The molecule has 1 saturated heterocycles. The van der Waals surface area contributed by atoms with Crippen molar-refractivity contribution >= 4 is 5.97 Å². The number of hydrogen-bond acceptors (Lipinski definition) is 4. The standard InChI is InChI=1S/C24H38O4/c1-20(2)27-15-24(28-20)14-23-12-9-17-21(3,18(23)8-7-16(24)13-23)10-6-11-22(17,4)19(25)26-5/h16-18H,6-15H2,1-5H3. The molecule has 158 valence electrons. The fraction of sp³-hybridized carbons (Fsp3) is 0.958. The minimum atomic E-state index is -0.445. The summed E-state index contributed by atoms with van der Waals surface area (Å²) in [6.07, 6.45) is 10.8. The van der Waals surface area contributed by atoms with Crippen molar-refractivity contribution in [3.05, 3.63) is 0 Å². The van der Waals surface area contributed by atoms with Gasteiger partial charge in [0.2, 0.25) is 0 Å². The summed E-state index contributed by atoms with van der Waals surface area (Å²) < 4.78 is 18.0. The Hall–Kier alpha value is -0.610. The number of esters is 1. The second-order valence-corrected chi connectivity index (χ2v) is 11.8. The number of methoxy groups -OCH3 is 1. The van der Waals surface area contributed by atoms with Crippen LogP contribution in [-0.4, -0.2) is 31.1 Å². The first-order valence-corrected chi connectivity index (χ1v) is 11.5. The summed E-state index contributed by atoms with van der Waals surface area (Å²) in [6.45, 7) is 9.61. The molecule has 0 aromatic heterocycles. The van der Waals surface area contributed by atoms with Crippen molar-refractivity contribution in [3.8, 4) is 0 Å². The third kappa shape index (κ3) is 2.34. The topological polar surface area (TPSA) is 44.8 Å². The van der Waals surface area contributed by atoms with Gasteiger partial charge in [-0.2, -0.15) is 0 Å². The zero-order valence-electron chi connectivity index (χ0n) is 18.4. The van der Waals surface area contributed by atoms with Gasteiger partial charge in [0.1, 0.15) is 0 Å². The van der Waals surface area contributed by atoms with E-state index >= 15 is 0 Å². The molecule has 5 fully saturated rings. The maximum Gasteiger partial charge on any atom is 0.311 e. The molecule has 2 bridgehead atoms. The zero-order chi connectivity index (χ0) is 20.0. The molecule has 4 nitrogen and oxygen atoms in total. The van der Waals surface area contributed by atoms with Crippen LogP contribution in [-0.2, 0) is 19.0 Å². The van der Waals surface area contributed by atoms with Crippen LogP contribution in [0.4, 0.5) is 0 Å². The molecule has 0 aromatic carbocycles. The average molecular weight is 391 g/mol. The van der Waals surface area contributed by atoms with Gasteiger partial charge in [0.15, 0.2) is 5.79 Å². The predicted molar refractivity (Wildman–Crippen MR) is 107 cm³/mol. The van der Waals surface area contributed by atoms with Gasteiger partial charge in [-0.15, -0.1) is 0 Å². The lowest BCUT2D eigenvalue weighted by Crippen LogP contribution is -2.58. The van der Waals surface area contributed by atoms with Crippen LogP contribution in [0.2, 0.25) is 0 Å². The van der Waals surface area contributed by atoms with Crippen molar-refractivity contribution in [2.45, 2.75) is 96.9 Å². The largest absolute Gasteiger partial charge is 0.469 e. The lowest BCUT2D eigenvalue weighted by molar-refractivity contribution is -0.185. The van der Waals surface area contributed by atoms with Crippen LogP contribution in [0.25, 0.3) is 0 Å². The minimum absolute atomic E-state index is 0.0187. The summed E-state index contributed by atoms with van der Waals surface area (Å²) in [5.41, 5.74) is 0.241. The average Bonchev–Trinajstić information content (AvgIpc) is 3.06. The number of fused-ring (bicyclic) bond motifs is 4. The summed E-state index contributed by atoms with van der Waals surface area (Å²) in [7, 11) is 1.56. The summed E-state index contributed by atoms with van der Waals surface area (Å²) in [5, 5.41) is 0. The first kappa shape index (κ1) is 19.4. The van der Waals surface area contributed by atoms with Crippen LogP contribution in [0, 0.1) is 34.0 Å². The molecule has 28 heavy (non-hydrogen) atoms. The van der Waals surface area contributed by atoms with Gasteiger partial charge >= 0.3 is 5.97 Å². The van der Waals surface area contributed by atoms with E-state index in [9.17, 15) is 4.79 Å². The third-order valence-corrected chi connectivity index (χ3v) is 10.1. The van der Waals surface area contributed by atoms with E-state index in [1.165, 1.54) is 32.1 Å². The van der Waals surface area contributed by atoms with Gasteiger partial charge in [-0.3, -0.25) is 4.79 Å². The Kier molecular flexibility index (Phi) is 3.98. The summed E-state index contributed by atoms with van der Waals surface area (Å²) in [4.78, 5) is 12.8. The quantitative estimate of drug-likeness (QED) is 0.585. The predicted octanol–water partition coefficient (Wildman–Crippen LogP) is 5.09. The van der Waals surface area contributed by atoms with Crippen molar-refractivity contribution in [1.82, 2.24) is 0 Å². The molecular formula is C24H38O4. The molecule has 0 aromatic rings. The molecule has 4 saturated carbocycles. The van der Waals surface area contributed by atoms with E-state index in [0.717, 1.165) is 32.3 Å². The van der Waals surface area contributed by atoms with Gasteiger partial charge in [0, 0.05) is 0 Å². The maximum atomic E-state index is 12.8. The summed E-state index contributed by atoms with van der Waals surface area (Å²) >= 11 is 0. The van der Waals surface area contributed by atoms with Gasteiger partial charge in [-0.05, 0) is 101 Å². The number of ether oxygens (including phenoxy) is 3. The van der Waals surface area contributed by atoms with Gasteiger partial charge in [0.05, 0.1) is 24.7 Å². The van der Waals surface area contributed by atoms with Crippen molar-refractivity contribution in [1.29, 1.82) is 0 Å². The highest BCUT2D eigenvalue weighted by molar-refractivity contribution is 5.77. The molecular weight excluding hydrogens is 352 g/mol. The maximum absolute atomic E-state index is 12.8. The zero-order valence-corrected chi connectivity index (χ0v) is 18.4. The minimum Gasteiger partial charge on any atom is -0.469 e. The first-order chi connectivity index (χ1) is 13.1. The van der Waals surface area contributed by atoms with Crippen molar-refractivity contribution < 1.29 is 19.0 Å². The second-order valence-electron chi connectivity index (χ2n) is 11.8. The molecule has 4 aliphatic carbocycles. The summed E-state index contributed by atoms with van der Waals surface area (Å²) in [6, 6.07) is 0. The van der Waals surface area contributed by atoms with Crippen molar-refractivity contribution in [3.63, 3.8) is 0 Å². The van der Waals surface area contributed by atoms with E-state index in [1.54, 1.807) is 7.11 Å². The number of carbonyl (C=O) groups is 1. The van der Waals surface area contributed by atoms with E-state index in [4.69, 9.17) is 14.2 Å². The molecule has 2 spiro atoms. The van der Waals surface area contributed by atoms with Gasteiger partial charge in [-0.1, -0.05) is 13.3 Å². The van der Waals surface area contributed by atoms with Crippen LogP contribution < -0.4 is 0 Å². The fourth-order valence-corrected chi connectivity index (χ4v) is 9.21. The van der Waals surface area contributed by atoms with Crippen molar-refractivity contribution in [2.75, 3.05) is 13.7 Å². The van der Waals surface area contributed by atoms with Crippen LogP contribution >= 0.6 is 0 Å². The second kappa shape index (κ2) is 5.75. The molecule has 0 radical (unpaired) electrons. The Bertz CT molecular complexity index is 688. The van der Waals surface area contributed by atoms with Gasteiger partial charge in [0.25, 0.3) is 0 Å². The lowest BCUT2D eigenvalue weighted by Gasteiger charge is -2.63. The van der Waals surface area contributed by atoms with Crippen LogP contribution in [0.15, 0.2) is 0 Å². The Morgan fingerprint density at radius 1 is 1.00 bits per heavy atom. The van der Waals surface area contributed by atoms with Gasteiger partial charge in [-0.25, -0.2) is 0 Å². The first-order valence-electron chi connectivity index (χ1n) is 11.5. The Morgan fingerprint density at radius 2 is 1.79 bits per heavy atom. The normalized spacial score (nSPS) is 54.2. The molecule has 0 amide bonds. The molecule has 1 aliphatic heterocycles. The van der Waals surface area contributed by atoms with E-state index < -0.39 is 5.79 Å². The highest BCUT2D eigenvalue weighted by Crippen LogP contribution is 2.74. The summed E-state index contributed by atoms with van der Waals surface area (Å²) in [5.74, 6) is 1.36. The molecule has 0 N–H and O–H groups in total. The third-order valence-electron chi connectivity index (χ3n) is 10.1. The number of carbonyl (C=O) groups excluding carboxylic acids is 1. The smallest absolute Gasteiger partial charge is 0.311 e. The van der Waals surface area contributed by atoms with Crippen LogP contribution in [0.1, 0.15) is 85.5 Å². The SMILES string of the molecule is COC(=O)C1(C)CCCC2(C)C3CCC4CC3(CCC12)CC41COC(C)(C)O1. The van der Waals surface area contributed by atoms with E-state index in [-0.39, 0.29) is 22.4 Å². The Labute approximate surface area is 170 Å². The highest BCUT2D eigenvalue weighted by atomic mass is 16.8. The Morgan fingerprint density at radius 3 is 2.46 bits per heavy atom. The molecule has 5 aliphatic rings. The molecule has 4 heteroatoms. The van der Waals surface area contributed by atoms with Crippen molar-refractivity contribution in [2.24, 2.45) is 34.0 Å². The molecule has 7 atom stereocenters. The van der Waals surface area contributed by atoms with Gasteiger partial charge < -0.3 is 14.2 Å². The van der Waals surface area contributed by atoms with E-state index in [1.807, 2.05) is 0 Å². The number of hydrogen-bond donors (Lipinski definition) is 0. The van der Waals surface area contributed by atoms with E-state index in [2.05, 4.69) is 27.7 Å². The van der Waals surface area contributed by atoms with Crippen LogP contribution in [0.5, 0.6) is 0 Å².